The predicted octanol–water partition coefficient (Wildman–Crippen LogP) is 3.20. The number of likely N-dealkylation sites (tertiary alicyclic amines) is 1. The minimum atomic E-state index is -3.41. The normalized spacial score (nSPS) is 14.5. The molecule has 1 heterocycles. The average Bonchev–Trinajstić information content (AvgIpc) is 3.13. The molecule has 26 heavy (non-hydrogen) atoms. The summed E-state index contributed by atoms with van der Waals surface area (Å²) in [7, 11) is -3.41. The van der Waals surface area contributed by atoms with E-state index >= 15 is 0 Å². The van der Waals surface area contributed by atoms with Crippen LogP contribution in [0.1, 0.15) is 34.3 Å². The molecule has 0 aliphatic carbocycles. The van der Waals surface area contributed by atoms with E-state index in [2.05, 4.69) is 0 Å². The molecule has 3 rings (SSSR count). The molecule has 5 nitrogen and oxygen atoms in total. The molecule has 2 aromatic rings. The Labute approximate surface area is 155 Å². The fourth-order valence-corrected chi connectivity index (χ4v) is 4.08. The Morgan fingerprint density at radius 3 is 2.31 bits per heavy atom. The Balaban J connectivity index is 1.80. The first-order chi connectivity index (χ1) is 12.3. The van der Waals surface area contributed by atoms with E-state index in [1.54, 1.807) is 18.2 Å². The molecule has 0 N–H and O–H groups in total. The topological polar surface area (TPSA) is 57.7 Å². The molecule has 138 valence electrons. The van der Waals surface area contributed by atoms with Gasteiger partial charge in [0.25, 0.3) is 5.91 Å². The van der Waals surface area contributed by atoms with Crippen LogP contribution < -0.4 is 4.31 Å². The molecule has 1 saturated heterocycles. The summed E-state index contributed by atoms with van der Waals surface area (Å²) in [4.78, 5) is 14.3. The van der Waals surface area contributed by atoms with Crippen molar-refractivity contribution in [2.45, 2.75) is 26.3 Å². The summed E-state index contributed by atoms with van der Waals surface area (Å²) in [5, 5.41) is 0. The van der Waals surface area contributed by atoms with Crippen LogP contribution in [0.4, 0.5) is 5.69 Å². The van der Waals surface area contributed by atoms with Gasteiger partial charge in [-0.3, -0.25) is 9.10 Å². The maximum Gasteiger partial charge on any atom is 0.253 e. The van der Waals surface area contributed by atoms with Gasteiger partial charge in [0.1, 0.15) is 0 Å². The number of anilines is 1. The van der Waals surface area contributed by atoms with Gasteiger partial charge in [-0.05, 0) is 55.2 Å². The van der Waals surface area contributed by atoms with E-state index in [4.69, 9.17) is 0 Å². The second-order valence-electron chi connectivity index (χ2n) is 6.80. The highest BCUT2D eigenvalue weighted by atomic mass is 32.2. The number of sulfonamides is 1. The lowest BCUT2D eigenvalue weighted by atomic mass is 10.1. The van der Waals surface area contributed by atoms with Crippen LogP contribution in [0, 0.1) is 6.92 Å². The van der Waals surface area contributed by atoms with Crippen molar-refractivity contribution in [1.29, 1.82) is 0 Å². The van der Waals surface area contributed by atoms with Crippen LogP contribution in [0.3, 0.4) is 0 Å². The van der Waals surface area contributed by atoms with Gasteiger partial charge in [-0.1, -0.05) is 24.3 Å². The minimum Gasteiger partial charge on any atom is -0.339 e. The third-order valence-electron chi connectivity index (χ3n) is 4.61. The monoisotopic (exact) mass is 372 g/mol. The minimum absolute atomic E-state index is 0.0488. The van der Waals surface area contributed by atoms with Gasteiger partial charge in [-0.2, -0.15) is 0 Å². The molecule has 6 heteroatoms. The first kappa shape index (κ1) is 18.5. The van der Waals surface area contributed by atoms with Crippen molar-refractivity contribution < 1.29 is 13.2 Å². The Morgan fingerprint density at radius 2 is 1.73 bits per heavy atom. The molecule has 1 fully saturated rings. The molecule has 0 atom stereocenters. The van der Waals surface area contributed by atoms with Crippen LogP contribution in [0.5, 0.6) is 0 Å². The van der Waals surface area contributed by atoms with Crippen LogP contribution in [-0.2, 0) is 16.6 Å². The number of benzene rings is 2. The quantitative estimate of drug-likeness (QED) is 0.810. The molecule has 0 bridgehead atoms. The number of rotatable bonds is 5. The number of hydrogen-bond donors (Lipinski definition) is 0. The van der Waals surface area contributed by atoms with Gasteiger partial charge >= 0.3 is 0 Å². The molecular weight excluding hydrogens is 348 g/mol. The number of amides is 1. The zero-order valence-corrected chi connectivity index (χ0v) is 16.0. The lowest BCUT2D eigenvalue weighted by Gasteiger charge is -2.23. The third-order valence-corrected chi connectivity index (χ3v) is 5.75. The maximum atomic E-state index is 12.4. The molecule has 0 radical (unpaired) electrons. The molecule has 0 unspecified atom stereocenters. The summed E-state index contributed by atoms with van der Waals surface area (Å²) in [6.07, 6.45) is 3.33. The van der Waals surface area contributed by atoms with Crippen molar-refractivity contribution in [3.63, 3.8) is 0 Å². The van der Waals surface area contributed by atoms with E-state index < -0.39 is 10.0 Å². The van der Waals surface area contributed by atoms with Crippen LogP contribution in [0.25, 0.3) is 0 Å². The van der Waals surface area contributed by atoms with Gasteiger partial charge in [-0.15, -0.1) is 0 Å². The van der Waals surface area contributed by atoms with Gasteiger partial charge in [-0.25, -0.2) is 8.42 Å². The number of hydrogen-bond acceptors (Lipinski definition) is 3. The van der Waals surface area contributed by atoms with Crippen LogP contribution in [0.2, 0.25) is 0 Å². The summed E-state index contributed by atoms with van der Waals surface area (Å²) < 4.78 is 25.9. The van der Waals surface area contributed by atoms with Crippen molar-refractivity contribution in [3.05, 3.63) is 65.2 Å². The van der Waals surface area contributed by atoms with Crippen molar-refractivity contribution >= 4 is 21.6 Å². The molecule has 1 aliphatic rings. The second-order valence-corrected chi connectivity index (χ2v) is 8.71. The molecular formula is C20H24N2O3S. The van der Waals surface area contributed by atoms with E-state index in [9.17, 15) is 13.2 Å². The van der Waals surface area contributed by atoms with Crippen molar-refractivity contribution in [1.82, 2.24) is 4.90 Å². The number of nitrogens with zero attached hydrogens (tertiary/aromatic N) is 2. The summed E-state index contributed by atoms with van der Waals surface area (Å²) in [6.45, 7) is 3.80. The fraction of sp³-hybridized carbons (Fsp3) is 0.350. The van der Waals surface area contributed by atoms with Crippen LogP contribution in [0.15, 0.2) is 48.5 Å². The summed E-state index contributed by atoms with van der Waals surface area (Å²) in [6, 6.07) is 14.7. The Bertz CT molecular complexity index is 886. The highest BCUT2D eigenvalue weighted by Crippen LogP contribution is 2.22. The van der Waals surface area contributed by atoms with Crippen molar-refractivity contribution in [2.24, 2.45) is 0 Å². The van der Waals surface area contributed by atoms with Crippen molar-refractivity contribution in [3.8, 4) is 0 Å². The van der Waals surface area contributed by atoms with Crippen molar-refractivity contribution in [2.75, 3.05) is 23.7 Å². The highest BCUT2D eigenvalue weighted by Gasteiger charge is 2.20. The van der Waals surface area contributed by atoms with Gasteiger partial charge in [0.15, 0.2) is 0 Å². The number of carbonyl (C=O) groups excluding carboxylic acids is 1. The Morgan fingerprint density at radius 1 is 1.08 bits per heavy atom. The molecule has 0 spiro atoms. The number of aryl methyl sites for hydroxylation is 1. The van der Waals surface area contributed by atoms with Gasteiger partial charge in [0.2, 0.25) is 10.0 Å². The second kappa shape index (κ2) is 7.50. The molecule has 1 amide bonds. The molecule has 1 aliphatic heterocycles. The predicted molar refractivity (Wildman–Crippen MR) is 104 cm³/mol. The zero-order valence-electron chi connectivity index (χ0n) is 15.2. The third kappa shape index (κ3) is 4.25. The average molecular weight is 372 g/mol. The largest absolute Gasteiger partial charge is 0.339 e. The molecule has 0 saturated carbocycles. The zero-order chi connectivity index (χ0) is 18.7. The maximum absolute atomic E-state index is 12.4. The van der Waals surface area contributed by atoms with Gasteiger partial charge in [0, 0.05) is 18.7 Å². The van der Waals surface area contributed by atoms with E-state index in [0.717, 1.165) is 37.1 Å². The Kier molecular flexibility index (Phi) is 5.32. The Hall–Kier alpha value is -2.34. The van der Waals surface area contributed by atoms with Gasteiger partial charge in [0.05, 0.1) is 18.5 Å². The summed E-state index contributed by atoms with van der Waals surface area (Å²) in [5.41, 5.74) is 3.14. The summed E-state index contributed by atoms with van der Waals surface area (Å²) >= 11 is 0. The molecule has 2 aromatic carbocycles. The lowest BCUT2D eigenvalue weighted by molar-refractivity contribution is 0.0793. The SMILES string of the molecule is Cc1cccc(N(Cc2ccc(C(=O)N3CCCC3)cc2)S(C)(=O)=O)c1. The van der Waals surface area contributed by atoms with E-state index in [1.165, 1.54) is 10.6 Å². The van der Waals surface area contributed by atoms with Crippen LogP contribution in [-0.4, -0.2) is 38.6 Å². The van der Waals surface area contributed by atoms with Gasteiger partial charge < -0.3 is 4.90 Å². The van der Waals surface area contributed by atoms with Crippen LogP contribution >= 0.6 is 0 Å². The van der Waals surface area contributed by atoms with E-state index in [0.29, 0.717) is 11.3 Å². The first-order valence-corrected chi connectivity index (χ1v) is 10.6. The first-order valence-electron chi connectivity index (χ1n) is 8.77. The summed E-state index contributed by atoms with van der Waals surface area (Å²) in [5.74, 6) is 0.0488. The van der Waals surface area contributed by atoms with E-state index in [-0.39, 0.29) is 12.5 Å². The fourth-order valence-electron chi connectivity index (χ4n) is 3.20. The lowest BCUT2D eigenvalue weighted by Crippen LogP contribution is -2.29. The van der Waals surface area contributed by atoms with E-state index in [1.807, 2.05) is 42.2 Å². The number of carbonyl (C=O) groups is 1. The smallest absolute Gasteiger partial charge is 0.253 e. The highest BCUT2D eigenvalue weighted by molar-refractivity contribution is 7.92. The standard InChI is InChI=1S/C20H24N2O3S/c1-16-6-5-7-19(14-16)22(26(2,24)25)15-17-8-10-18(11-9-17)20(23)21-12-3-4-13-21/h5-11,14H,3-4,12-13,15H2,1-2H3. The molecule has 0 aromatic heterocycles.